The molecule has 0 atom stereocenters. The van der Waals surface area contributed by atoms with E-state index in [0.717, 1.165) is 24.2 Å². The molecule has 122 valence electrons. The summed E-state index contributed by atoms with van der Waals surface area (Å²) in [5.41, 5.74) is 3.25. The summed E-state index contributed by atoms with van der Waals surface area (Å²) >= 11 is 0. The molecule has 1 aromatic carbocycles. The van der Waals surface area contributed by atoms with Crippen LogP contribution in [0.1, 0.15) is 56.6 Å². The van der Waals surface area contributed by atoms with Crippen molar-refractivity contribution in [2.24, 2.45) is 0 Å². The van der Waals surface area contributed by atoms with Gasteiger partial charge in [0.05, 0.1) is 17.2 Å². The summed E-state index contributed by atoms with van der Waals surface area (Å²) in [6.45, 7) is 3.61. The van der Waals surface area contributed by atoms with Crippen LogP contribution in [0, 0.1) is 25.2 Å². The lowest BCUT2D eigenvalue weighted by atomic mass is 10.1. The molecular formula is C19H18N2O3. The number of rotatable bonds is 5. The van der Waals surface area contributed by atoms with E-state index >= 15 is 0 Å². The molecule has 0 aliphatic heterocycles. The van der Waals surface area contributed by atoms with E-state index in [1.807, 2.05) is 26.0 Å². The van der Waals surface area contributed by atoms with Gasteiger partial charge in [-0.1, -0.05) is 6.07 Å². The summed E-state index contributed by atoms with van der Waals surface area (Å²) in [6.07, 6.45) is 2.29. The Labute approximate surface area is 140 Å². The maximum absolute atomic E-state index is 12.4. The van der Waals surface area contributed by atoms with Crippen LogP contribution in [-0.4, -0.2) is 22.9 Å². The molecule has 1 aliphatic carbocycles. The van der Waals surface area contributed by atoms with Crippen molar-refractivity contribution in [2.75, 3.05) is 6.61 Å². The molecule has 1 saturated carbocycles. The van der Waals surface area contributed by atoms with Gasteiger partial charge in [0, 0.05) is 23.0 Å². The number of ether oxygens (including phenoxy) is 1. The van der Waals surface area contributed by atoms with Crippen LogP contribution in [0.4, 0.5) is 0 Å². The minimum atomic E-state index is -0.601. The number of aromatic nitrogens is 1. The maximum Gasteiger partial charge on any atom is 0.338 e. The zero-order chi connectivity index (χ0) is 17.3. The number of Topliss-reactive ketones (excluding diaryl/α,β-unsaturated/α-hetero) is 1. The largest absolute Gasteiger partial charge is 0.454 e. The van der Waals surface area contributed by atoms with Gasteiger partial charge in [0.1, 0.15) is 0 Å². The Bertz CT molecular complexity index is 854. The molecule has 1 fully saturated rings. The number of nitrogens with zero attached hydrogens (tertiary/aromatic N) is 2. The third kappa shape index (κ3) is 3.09. The van der Waals surface area contributed by atoms with Crippen molar-refractivity contribution in [3.8, 4) is 6.07 Å². The van der Waals surface area contributed by atoms with Gasteiger partial charge in [-0.15, -0.1) is 0 Å². The van der Waals surface area contributed by atoms with E-state index in [1.165, 1.54) is 6.07 Å². The van der Waals surface area contributed by atoms with Crippen molar-refractivity contribution in [3.63, 3.8) is 0 Å². The highest BCUT2D eigenvalue weighted by molar-refractivity contribution is 6.00. The quantitative estimate of drug-likeness (QED) is 0.625. The van der Waals surface area contributed by atoms with Crippen LogP contribution >= 0.6 is 0 Å². The van der Waals surface area contributed by atoms with E-state index in [1.54, 1.807) is 18.2 Å². The van der Waals surface area contributed by atoms with E-state index in [9.17, 15) is 9.59 Å². The maximum atomic E-state index is 12.4. The normalized spacial score (nSPS) is 13.4. The van der Waals surface area contributed by atoms with Crippen molar-refractivity contribution in [2.45, 2.75) is 32.7 Å². The molecular weight excluding hydrogens is 304 g/mol. The van der Waals surface area contributed by atoms with Crippen LogP contribution in [0.2, 0.25) is 0 Å². The molecule has 0 N–H and O–H groups in total. The number of benzene rings is 1. The fourth-order valence-electron chi connectivity index (χ4n) is 2.96. The first-order chi connectivity index (χ1) is 11.5. The number of carbonyl (C=O) groups excluding carboxylic acids is 2. The summed E-state index contributed by atoms with van der Waals surface area (Å²) in [7, 11) is 0. The number of hydrogen-bond donors (Lipinski definition) is 0. The van der Waals surface area contributed by atoms with Crippen molar-refractivity contribution in [3.05, 3.63) is 58.4 Å². The molecule has 0 unspecified atom stereocenters. The minimum Gasteiger partial charge on any atom is -0.454 e. The Hall–Kier alpha value is -2.87. The number of esters is 1. The molecule has 0 bridgehead atoms. The van der Waals surface area contributed by atoms with Gasteiger partial charge in [-0.25, -0.2) is 4.79 Å². The van der Waals surface area contributed by atoms with Gasteiger partial charge in [0.25, 0.3) is 0 Å². The Balaban J connectivity index is 1.68. The Morgan fingerprint density at radius 2 is 2.04 bits per heavy atom. The molecule has 24 heavy (non-hydrogen) atoms. The molecule has 1 heterocycles. The molecule has 0 spiro atoms. The van der Waals surface area contributed by atoms with Crippen molar-refractivity contribution in [1.82, 2.24) is 4.57 Å². The molecule has 5 heteroatoms. The summed E-state index contributed by atoms with van der Waals surface area (Å²) in [6, 6.07) is 10.6. The van der Waals surface area contributed by atoms with Crippen LogP contribution in [-0.2, 0) is 4.74 Å². The first kappa shape index (κ1) is 16.0. The number of aryl methyl sites for hydroxylation is 1. The van der Waals surface area contributed by atoms with Crippen LogP contribution < -0.4 is 0 Å². The average molecular weight is 322 g/mol. The van der Waals surface area contributed by atoms with Gasteiger partial charge in [0.15, 0.2) is 6.61 Å². The van der Waals surface area contributed by atoms with E-state index in [4.69, 9.17) is 10.00 Å². The van der Waals surface area contributed by atoms with E-state index in [2.05, 4.69) is 4.57 Å². The lowest BCUT2D eigenvalue weighted by Gasteiger charge is -2.08. The second-order valence-electron chi connectivity index (χ2n) is 6.08. The molecule has 0 amide bonds. The average Bonchev–Trinajstić information content (AvgIpc) is 3.37. The molecule has 3 rings (SSSR count). The number of hydrogen-bond acceptors (Lipinski definition) is 4. The van der Waals surface area contributed by atoms with Crippen LogP contribution in [0.25, 0.3) is 0 Å². The predicted octanol–water partition coefficient (Wildman–Crippen LogP) is 3.35. The Morgan fingerprint density at radius 1 is 1.29 bits per heavy atom. The van der Waals surface area contributed by atoms with E-state index < -0.39 is 5.97 Å². The third-order valence-electron chi connectivity index (χ3n) is 4.26. The summed E-state index contributed by atoms with van der Waals surface area (Å²) in [5.74, 6) is -0.809. The molecule has 2 aromatic rings. The van der Waals surface area contributed by atoms with Gasteiger partial charge in [0.2, 0.25) is 5.78 Å². The Morgan fingerprint density at radius 3 is 2.71 bits per heavy atom. The fraction of sp³-hybridized carbons (Fsp3) is 0.316. The van der Waals surface area contributed by atoms with Gasteiger partial charge >= 0.3 is 5.97 Å². The SMILES string of the molecule is Cc1cc(C(=O)COC(=O)c2cccc(C#N)c2)c(C)n1C1CC1. The highest BCUT2D eigenvalue weighted by Gasteiger charge is 2.28. The molecule has 1 aromatic heterocycles. The summed E-state index contributed by atoms with van der Waals surface area (Å²) in [4.78, 5) is 24.4. The van der Waals surface area contributed by atoms with Gasteiger partial charge in [-0.05, 0) is 51.0 Å². The minimum absolute atomic E-state index is 0.209. The molecule has 0 radical (unpaired) electrons. The smallest absolute Gasteiger partial charge is 0.338 e. The topological polar surface area (TPSA) is 72.1 Å². The molecule has 0 saturated heterocycles. The second-order valence-corrected chi connectivity index (χ2v) is 6.08. The van der Waals surface area contributed by atoms with Gasteiger partial charge in [-0.2, -0.15) is 5.26 Å². The standard InChI is InChI=1S/C19H18N2O3/c1-12-8-17(13(2)21(12)16-6-7-16)18(22)11-24-19(23)15-5-3-4-14(9-15)10-20/h3-5,8-9,16H,6-7,11H2,1-2H3. The number of nitriles is 1. The monoisotopic (exact) mass is 322 g/mol. The molecule has 5 nitrogen and oxygen atoms in total. The zero-order valence-corrected chi connectivity index (χ0v) is 13.7. The first-order valence-electron chi connectivity index (χ1n) is 7.90. The number of ketones is 1. The first-order valence-corrected chi connectivity index (χ1v) is 7.90. The van der Waals surface area contributed by atoms with E-state index in [0.29, 0.717) is 17.2 Å². The lowest BCUT2D eigenvalue weighted by molar-refractivity contribution is 0.0474. The zero-order valence-electron chi connectivity index (χ0n) is 13.7. The fourth-order valence-corrected chi connectivity index (χ4v) is 2.96. The summed E-state index contributed by atoms with van der Waals surface area (Å²) in [5, 5.41) is 8.86. The van der Waals surface area contributed by atoms with Gasteiger partial charge in [-0.3, -0.25) is 4.79 Å². The highest BCUT2D eigenvalue weighted by Crippen LogP contribution is 2.38. The predicted molar refractivity (Wildman–Crippen MR) is 87.9 cm³/mol. The van der Waals surface area contributed by atoms with Crippen LogP contribution in [0.15, 0.2) is 30.3 Å². The van der Waals surface area contributed by atoms with Crippen LogP contribution in [0.5, 0.6) is 0 Å². The number of carbonyl (C=O) groups is 2. The van der Waals surface area contributed by atoms with E-state index in [-0.39, 0.29) is 18.0 Å². The lowest BCUT2D eigenvalue weighted by Crippen LogP contribution is -2.15. The van der Waals surface area contributed by atoms with Crippen LogP contribution in [0.3, 0.4) is 0 Å². The highest BCUT2D eigenvalue weighted by atomic mass is 16.5. The Kier molecular flexibility index (Phi) is 4.22. The third-order valence-corrected chi connectivity index (χ3v) is 4.26. The second kappa shape index (κ2) is 6.32. The van der Waals surface area contributed by atoms with Crippen molar-refractivity contribution >= 4 is 11.8 Å². The molecule has 1 aliphatic rings. The van der Waals surface area contributed by atoms with Gasteiger partial charge < -0.3 is 9.30 Å². The van der Waals surface area contributed by atoms with Crippen molar-refractivity contribution in [1.29, 1.82) is 5.26 Å². The van der Waals surface area contributed by atoms with Crippen molar-refractivity contribution < 1.29 is 14.3 Å². The summed E-state index contributed by atoms with van der Waals surface area (Å²) < 4.78 is 7.30.